The number of aryl methyl sites for hydroxylation is 1. The molecular weight excluding hydrogens is 326 g/mol. The van der Waals surface area contributed by atoms with Crippen molar-refractivity contribution in [2.75, 3.05) is 50.1 Å². The van der Waals surface area contributed by atoms with Crippen molar-refractivity contribution in [3.8, 4) is 17.0 Å². The van der Waals surface area contributed by atoms with Crippen molar-refractivity contribution in [3.05, 3.63) is 29.8 Å². The van der Waals surface area contributed by atoms with Crippen LogP contribution in [0.1, 0.15) is 18.4 Å². The average molecular weight is 353 g/mol. The summed E-state index contributed by atoms with van der Waals surface area (Å²) in [5.41, 5.74) is 3.60. The number of likely N-dealkylation sites (N-methyl/N-ethyl adjacent to an activating group) is 2. The molecule has 1 atom stereocenters. The number of aromatic nitrogens is 2. The first-order valence-corrected chi connectivity index (χ1v) is 9.37. The van der Waals surface area contributed by atoms with Crippen LogP contribution in [-0.4, -0.2) is 66.5 Å². The van der Waals surface area contributed by atoms with Crippen LogP contribution in [0.4, 0.5) is 11.5 Å². The van der Waals surface area contributed by atoms with Gasteiger partial charge in [-0.05, 0) is 51.1 Å². The van der Waals surface area contributed by atoms with Crippen LogP contribution < -0.4 is 9.80 Å². The molecule has 0 saturated carbocycles. The number of anilines is 2. The molecule has 2 aliphatic heterocycles. The number of aromatic hydroxyl groups is 1. The van der Waals surface area contributed by atoms with Crippen molar-refractivity contribution < 1.29 is 5.11 Å². The molecule has 1 saturated heterocycles. The summed E-state index contributed by atoms with van der Waals surface area (Å²) in [6.45, 7) is 6.19. The van der Waals surface area contributed by atoms with Crippen molar-refractivity contribution in [2.24, 2.45) is 0 Å². The molecule has 0 aliphatic carbocycles. The van der Waals surface area contributed by atoms with E-state index in [1.807, 2.05) is 19.1 Å². The van der Waals surface area contributed by atoms with Crippen LogP contribution in [-0.2, 0) is 0 Å². The SMILES string of the molecule is Cc1cccc(O)c1-c1cc2c(nn1)N(C1CCCN(C)C1)CCN2C. The van der Waals surface area contributed by atoms with E-state index in [1.54, 1.807) is 6.07 Å². The van der Waals surface area contributed by atoms with Crippen LogP contribution in [0.2, 0.25) is 0 Å². The Morgan fingerprint density at radius 2 is 1.96 bits per heavy atom. The second-order valence-electron chi connectivity index (χ2n) is 7.58. The number of benzene rings is 1. The molecule has 6 nitrogen and oxygen atoms in total. The monoisotopic (exact) mass is 353 g/mol. The minimum absolute atomic E-state index is 0.253. The molecule has 0 bridgehead atoms. The van der Waals surface area contributed by atoms with Gasteiger partial charge in [-0.25, -0.2) is 0 Å². The Morgan fingerprint density at radius 3 is 2.73 bits per heavy atom. The molecule has 2 aliphatic rings. The van der Waals surface area contributed by atoms with Crippen molar-refractivity contribution in [3.63, 3.8) is 0 Å². The summed E-state index contributed by atoms with van der Waals surface area (Å²) in [5.74, 6) is 1.22. The Kier molecular flexibility index (Phi) is 4.44. The molecule has 0 amide bonds. The third-order valence-electron chi connectivity index (χ3n) is 5.66. The first-order valence-electron chi connectivity index (χ1n) is 9.37. The smallest absolute Gasteiger partial charge is 0.175 e. The average Bonchev–Trinajstić information content (AvgIpc) is 2.62. The van der Waals surface area contributed by atoms with Crippen LogP contribution in [0.5, 0.6) is 5.75 Å². The zero-order valence-corrected chi connectivity index (χ0v) is 15.8. The molecule has 138 valence electrons. The lowest BCUT2D eigenvalue weighted by Gasteiger charge is -2.43. The van der Waals surface area contributed by atoms with Gasteiger partial charge in [-0.15, -0.1) is 10.2 Å². The molecule has 0 radical (unpaired) electrons. The number of phenolic OH excluding ortho intramolecular Hbond substituents is 1. The second-order valence-corrected chi connectivity index (χ2v) is 7.58. The molecule has 1 fully saturated rings. The first kappa shape index (κ1) is 17.1. The van der Waals surface area contributed by atoms with E-state index in [2.05, 4.69) is 45.1 Å². The summed E-state index contributed by atoms with van der Waals surface area (Å²) in [6.07, 6.45) is 2.43. The minimum atomic E-state index is 0.253. The Morgan fingerprint density at radius 1 is 1.12 bits per heavy atom. The number of hydrogen-bond acceptors (Lipinski definition) is 6. The van der Waals surface area contributed by atoms with E-state index in [9.17, 15) is 5.11 Å². The van der Waals surface area contributed by atoms with Gasteiger partial charge in [0.2, 0.25) is 0 Å². The van der Waals surface area contributed by atoms with Gasteiger partial charge in [0, 0.05) is 38.3 Å². The number of rotatable bonds is 2. The summed E-state index contributed by atoms with van der Waals surface area (Å²) in [5, 5.41) is 19.4. The number of likely N-dealkylation sites (tertiary alicyclic amines) is 1. The molecule has 1 unspecified atom stereocenters. The van der Waals surface area contributed by atoms with Gasteiger partial charge in [-0.3, -0.25) is 0 Å². The normalized spacial score (nSPS) is 21.0. The van der Waals surface area contributed by atoms with Crippen LogP contribution in [0, 0.1) is 6.92 Å². The topological polar surface area (TPSA) is 55.7 Å². The molecule has 1 N–H and O–H groups in total. The molecule has 2 aromatic rings. The molecule has 6 heteroatoms. The van der Waals surface area contributed by atoms with Gasteiger partial charge in [0.1, 0.15) is 5.75 Å². The fraction of sp³-hybridized carbons (Fsp3) is 0.500. The van der Waals surface area contributed by atoms with Crippen LogP contribution in [0.25, 0.3) is 11.3 Å². The largest absolute Gasteiger partial charge is 0.507 e. The van der Waals surface area contributed by atoms with Gasteiger partial charge in [-0.1, -0.05) is 12.1 Å². The van der Waals surface area contributed by atoms with E-state index in [0.29, 0.717) is 6.04 Å². The van der Waals surface area contributed by atoms with Crippen molar-refractivity contribution >= 4 is 11.5 Å². The molecule has 1 aromatic carbocycles. The molecule has 26 heavy (non-hydrogen) atoms. The summed E-state index contributed by atoms with van der Waals surface area (Å²) in [7, 11) is 4.30. The lowest BCUT2D eigenvalue weighted by Crippen LogP contribution is -2.51. The highest BCUT2D eigenvalue weighted by Gasteiger charge is 2.31. The van der Waals surface area contributed by atoms with Gasteiger partial charge >= 0.3 is 0 Å². The highest BCUT2D eigenvalue weighted by molar-refractivity contribution is 5.78. The second kappa shape index (κ2) is 6.76. The van der Waals surface area contributed by atoms with Gasteiger partial charge in [0.05, 0.1) is 11.4 Å². The Labute approximate surface area is 155 Å². The maximum atomic E-state index is 10.3. The quantitative estimate of drug-likeness (QED) is 0.895. The minimum Gasteiger partial charge on any atom is -0.507 e. The zero-order valence-electron chi connectivity index (χ0n) is 15.8. The Bertz CT molecular complexity index is 789. The number of phenols is 1. The van der Waals surface area contributed by atoms with Gasteiger partial charge in [0.15, 0.2) is 5.82 Å². The first-order chi connectivity index (χ1) is 12.5. The van der Waals surface area contributed by atoms with E-state index in [0.717, 1.165) is 48.0 Å². The lowest BCUT2D eigenvalue weighted by molar-refractivity contribution is 0.243. The number of nitrogens with zero attached hydrogens (tertiary/aromatic N) is 5. The Hall–Kier alpha value is -2.34. The lowest BCUT2D eigenvalue weighted by atomic mass is 10.0. The van der Waals surface area contributed by atoms with E-state index in [1.165, 1.54) is 19.4 Å². The fourth-order valence-corrected chi connectivity index (χ4v) is 4.20. The third kappa shape index (κ3) is 2.98. The summed E-state index contributed by atoms with van der Waals surface area (Å²) >= 11 is 0. The molecular formula is C20H27N5O. The van der Waals surface area contributed by atoms with Crippen LogP contribution in [0.15, 0.2) is 24.3 Å². The van der Waals surface area contributed by atoms with Crippen LogP contribution >= 0.6 is 0 Å². The highest BCUT2D eigenvalue weighted by atomic mass is 16.3. The Balaban J connectivity index is 1.73. The maximum absolute atomic E-state index is 10.3. The van der Waals surface area contributed by atoms with Gasteiger partial charge < -0.3 is 19.8 Å². The van der Waals surface area contributed by atoms with Gasteiger partial charge in [-0.2, -0.15) is 0 Å². The summed E-state index contributed by atoms with van der Waals surface area (Å²) in [4.78, 5) is 7.07. The maximum Gasteiger partial charge on any atom is 0.175 e. The predicted molar refractivity (Wildman–Crippen MR) is 105 cm³/mol. The molecule has 0 spiro atoms. The molecule has 3 heterocycles. The predicted octanol–water partition coefficient (Wildman–Crippen LogP) is 2.51. The molecule has 4 rings (SSSR count). The van der Waals surface area contributed by atoms with Crippen molar-refractivity contribution in [1.29, 1.82) is 0 Å². The molecule has 1 aromatic heterocycles. The van der Waals surface area contributed by atoms with Gasteiger partial charge in [0.25, 0.3) is 0 Å². The van der Waals surface area contributed by atoms with E-state index in [4.69, 9.17) is 0 Å². The fourth-order valence-electron chi connectivity index (χ4n) is 4.20. The van der Waals surface area contributed by atoms with E-state index >= 15 is 0 Å². The summed E-state index contributed by atoms with van der Waals surface area (Å²) in [6, 6.07) is 8.12. The number of hydrogen-bond donors (Lipinski definition) is 1. The third-order valence-corrected chi connectivity index (χ3v) is 5.66. The summed E-state index contributed by atoms with van der Waals surface area (Å²) < 4.78 is 0. The van der Waals surface area contributed by atoms with Crippen LogP contribution in [0.3, 0.4) is 0 Å². The standard InChI is InChI=1S/C20H27N5O/c1-14-6-4-8-18(26)19(14)16-12-17-20(22-21-16)25(11-10-24(17)3)15-7-5-9-23(2)13-15/h4,6,8,12,15,26H,5,7,9-11,13H2,1-3H3. The number of fused-ring (bicyclic) bond motifs is 1. The number of piperidine rings is 1. The van der Waals surface area contributed by atoms with Crippen molar-refractivity contribution in [1.82, 2.24) is 15.1 Å². The van der Waals surface area contributed by atoms with E-state index in [-0.39, 0.29) is 5.75 Å². The highest BCUT2D eigenvalue weighted by Crippen LogP contribution is 2.38. The zero-order chi connectivity index (χ0) is 18.3. The van der Waals surface area contributed by atoms with E-state index < -0.39 is 0 Å². The van der Waals surface area contributed by atoms with Crippen molar-refractivity contribution in [2.45, 2.75) is 25.8 Å².